The number of aromatic nitrogens is 3. The van der Waals surface area contributed by atoms with Gasteiger partial charge in [-0.25, -0.2) is 9.48 Å². The van der Waals surface area contributed by atoms with Crippen molar-refractivity contribution in [3.05, 3.63) is 35.1 Å². The number of carboxylic acid groups (broad SMARTS) is 1. The maximum atomic E-state index is 10.7. The summed E-state index contributed by atoms with van der Waals surface area (Å²) >= 11 is 6.05. The molecule has 0 atom stereocenters. The van der Waals surface area contributed by atoms with Crippen LogP contribution in [0.1, 0.15) is 10.5 Å². The summed E-state index contributed by atoms with van der Waals surface area (Å²) in [5.41, 5.74) is 0.661. The minimum atomic E-state index is -1.10. The second kappa shape index (κ2) is 6.25. The molecule has 0 bridgehead atoms. The standard InChI is InChI=1S/C12H13ClN4O3/c1-20-8-2-3-9(13)10(6-8)14-4-5-17-7-11(12(18)19)15-16-17/h2-3,6-7,14H,4-5H2,1H3,(H,18,19). The Labute approximate surface area is 120 Å². The Hall–Kier alpha value is -2.28. The Balaban J connectivity index is 1.93. The van der Waals surface area contributed by atoms with Crippen molar-refractivity contribution in [3.63, 3.8) is 0 Å². The summed E-state index contributed by atoms with van der Waals surface area (Å²) in [6, 6.07) is 5.29. The predicted molar refractivity (Wildman–Crippen MR) is 73.5 cm³/mol. The number of aromatic carboxylic acids is 1. The minimum absolute atomic E-state index is 0.0792. The van der Waals surface area contributed by atoms with E-state index < -0.39 is 5.97 Å². The van der Waals surface area contributed by atoms with Gasteiger partial charge in [0.1, 0.15) is 5.75 Å². The molecule has 8 heteroatoms. The van der Waals surface area contributed by atoms with Crippen LogP contribution in [-0.4, -0.2) is 39.7 Å². The number of carboxylic acids is 1. The van der Waals surface area contributed by atoms with Gasteiger partial charge in [0.05, 0.1) is 30.6 Å². The Morgan fingerprint density at radius 3 is 3.00 bits per heavy atom. The molecule has 1 aromatic heterocycles. The summed E-state index contributed by atoms with van der Waals surface area (Å²) in [6.07, 6.45) is 1.37. The molecule has 0 fully saturated rings. The molecule has 0 saturated heterocycles. The van der Waals surface area contributed by atoms with Gasteiger partial charge in [0.15, 0.2) is 5.69 Å². The van der Waals surface area contributed by atoms with Gasteiger partial charge in [0, 0.05) is 12.6 Å². The van der Waals surface area contributed by atoms with E-state index in [4.69, 9.17) is 21.4 Å². The Morgan fingerprint density at radius 2 is 2.35 bits per heavy atom. The van der Waals surface area contributed by atoms with Crippen LogP contribution >= 0.6 is 11.6 Å². The Bertz CT molecular complexity index is 614. The van der Waals surface area contributed by atoms with Crippen LogP contribution in [0.25, 0.3) is 0 Å². The molecule has 0 aliphatic carbocycles. The van der Waals surface area contributed by atoms with Crippen LogP contribution in [0.4, 0.5) is 5.69 Å². The van der Waals surface area contributed by atoms with E-state index in [2.05, 4.69) is 15.6 Å². The minimum Gasteiger partial charge on any atom is -0.497 e. The zero-order chi connectivity index (χ0) is 14.5. The quantitative estimate of drug-likeness (QED) is 0.844. The number of rotatable bonds is 6. The first kappa shape index (κ1) is 14.1. The molecule has 7 nitrogen and oxygen atoms in total. The molecule has 1 aromatic carbocycles. The largest absolute Gasteiger partial charge is 0.497 e. The topological polar surface area (TPSA) is 89.3 Å². The molecule has 0 radical (unpaired) electrons. The molecule has 0 aliphatic rings. The summed E-state index contributed by atoms with van der Waals surface area (Å²) in [4.78, 5) is 10.7. The molecular formula is C12H13ClN4O3. The molecule has 106 valence electrons. The fourth-order valence-electron chi connectivity index (χ4n) is 1.58. The van der Waals surface area contributed by atoms with Crippen LogP contribution in [-0.2, 0) is 6.54 Å². The molecule has 1 heterocycles. The van der Waals surface area contributed by atoms with Crippen molar-refractivity contribution >= 4 is 23.3 Å². The summed E-state index contributed by atoms with van der Waals surface area (Å²) in [5.74, 6) is -0.397. The zero-order valence-electron chi connectivity index (χ0n) is 10.7. The lowest BCUT2D eigenvalue weighted by Gasteiger charge is -2.09. The van der Waals surface area contributed by atoms with E-state index >= 15 is 0 Å². The van der Waals surface area contributed by atoms with Gasteiger partial charge < -0.3 is 15.2 Å². The van der Waals surface area contributed by atoms with Crippen molar-refractivity contribution in [2.75, 3.05) is 19.0 Å². The summed E-state index contributed by atoms with van der Waals surface area (Å²) in [5, 5.41) is 19.7. The van der Waals surface area contributed by atoms with Gasteiger partial charge in [-0.15, -0.1) is 5.10 Å². The number of benzene rings is 1. The predicted octanol–water partition coefficient (Wildman–Crippen LogP) is 1.75. The van der Waals surface area contributed by atoms with Crippen LogP contribution < -0.4 is 10.1 Å². The van der Waals surface area contributed by atoms with E-state index in [-0.39, 0.29) is 5.69 Å². The van der Waals surface area contributed by atoms with Crippen molar-refractivity contribution in [2.45, 2.75) is 6.54 Å². The van der Waals surface area contributed by atoms with Gasteiger partial charge in [0.2, 0.25) is 0 Å². The van der Waals surface area contributed by atoms with Crippen LogP contribution in [0.15, 0.2) is 24.4 Å². The highest BCUT2D eigenvalue weighted by molar-refractivity contribution is 6.33. The highest BCUT2D eigenvalue weighted by Gasteiger charge is 2.08. The monoisotopic (exact) mass is 296 g/mol. The lowest BCUT2D eigenvalue weighted by molar-refractivity contribution is 0.0690. The fraction of sp³-hybridized carbons (Fsp3) is 0.250. The summed E-state index contributed by atoms with van der Waals surface area (Å²) in [6.45, 7) is 0.989. The molecule has 2 N–H and O–H groups in total. The molecule has 0 aliphatic heterocycles. The lowest BCUT2D eigenvalue weighted by atomic mass is 10.3. The van der Waals surface area contributed by atoms with Crippen molar-refractivity contribution in [3.8, 4) is 5.75 Å². The van der Waals surface area contributed by atoms with E-state index in [1.165, 1.54) is 10.9 Å². The smallest absolute Gasteiger partial charge is 0.358 e. The molecule has 0 unspecified atom stereocenters. The number of nitrogens with zero attached hydrogens (tertiary/aromatic N) is 3. The number of hydrogen-bond donors (Lipinski definition) is 2. The number of methoxy groups -OCH3 is 1. The lowest BCUT2D eigenvalue weighted by Crippen LogP contribution is -2.11. The van der Waals surface area contributed by atoms with Crippen molar-refractivity contribution in [2.24, 2.45) is 0 Å². The van der Waals surface area contributed by atoms with E-state index in [1.807, 2.05) is 0 Å². The molecule has 20 heavy (non-hydrogen) atoms. The third-order valence-electron chi connectivity index (χ3n) is 2.59. The average molecular weight is 297 g/mol. The molecule has 0 spiro atoms. The van der Waals surface area contributed by atoms with Crippen molar-refractivity contribution in [1.29, 1.82) is 0 Å². The molecular weight excluding hydrogens is 284 g/mol. The Kier molecular flexibility index (Phi) is 4.41. The van der Waals surface area contributed by atoms with E-state index in [9.17, 15) is 4.79 Å². The van der Waals surface area contributed by atoms with Crippen molar-refractivity contribution in [1.82, 2.24) is 15.0 Å². The van der Waals surface area contributed by atoms with E-state index in [0.717, 1.165) is 5.69 Å². The number of ether oxygens (including phenoxy) is 1. The van der Waals surface area contributed by atoms with E-state index in [0.29, 0.717) is 23.9 Å². The average Bonchev–Trinajstić information content (AvgIpc) is 2.90. The van der Waals surface area contributed by atoms with Gasteiger partial charge in [-0.1, -0.05) is 16.8 Å². The maximum Gasteiger partial charge on any atom is 0.358 e. The van der Waals surface area contributed by atoms with Crippen molar-refractivity contribution < 1.29 is 14.6 Å². The first-order chi connectivity index (χ1) is 9.60. The second-order valence-electron chi connectivity index (χ2n) is 3.94. The van der Waals surface area contributed by atoms with Gasteiger partial charge in [0.25, 0.3) is 0 Å². The van der Waals surface area contributed by atoms with Gasteiger partial charge in [-0.3, -0.25) is 0 Å². The highest BCUT2D eigenvalue weighted by atomic mass is 35.5. The molecule has 0 amide bonds. The van der Waals surface area contributed by atoms with Crippen LogP contribution in [0.3, 0.4) is 0 Å². The highest BCUT2D eigenvalue weighted by Crippen LogP contribution is 2.26. The van der Waals surface area contributed by atoms with Gasteiger partial charge in [-0.05, 0) is 12.1 Å². The summed E-state index contributed by atoms with van der Waals surface area (Å²) in [7, 11) is 1.58. The van der Waals surface area contributed by atoms with Crippen LogP contribution in [0.2, 0.25) is 5.02 Å². The van der Waals surface area contributed by atoms with Crippen LogP contribution in [0, 0.1) is 0 Å². The van der Waals surface area contributed by atoms with Gasteiger partial charge >= 0.3 is 5.97 Å². The first-order valence-electron chi connectivity index (χ1n) is 5.81. The number of hydrogen-bond acceptors (Lipinski definition) is 5. The number of nitrogens with one attached hydrogen (secondary N) is 1. The van der Waals surface area contributed by atoms with Crippen LogP contribution in [0.5, 0.6) is 5.75 Å². The second-order valence-corrected chi connectivity index (χ2v) is 4.35. The maximum absolute atomic E-state index is 10.7. The third kappa shape index (κ3) is 3.39. The number of carbonyl (C=O) groups is 1. The fourth-order valence-corrected chi connectivity index (χ4v) is 1.76. The number of anilines is 1. The number of halogens is 1. The SMILES string of the molecule is COc1ccc(Cl)c(NCCn2cc(C(=O)O)nn2)c1. The van der Waals surface area contributed by atoms with Gasteiger partial charge in [-0.2, -0.15) is 0 Å². The first-order valence-corrected chi connectivity index (χ1v) is 6.19. The normalized spacial score (nSPS) is 10.3. The summed E-state index contributed by atoms with van der Waals surface area (Å²) < 4.78 is 6.56. The molecule has 2 rings (SSSR count). The third-order valence-corrected chi connectivity index (χ3v) is 2.92. The Morgan fingerprint density at radius 1 is 1.55 bits per heavy atom. The molecule has 0 saturated carbocycles. The zero-order valence-corrected chi connectivity index (χ0v) is 11.5. The van der Waals surface area contributed by atoms with E-state index in [1.54, 1.807) is 25.3 Å². The molecule has 2 aromatic rings.